The Morgan fingerprint density at radius 2 is 1.90 bits per heavy atom. The lowest BCUT2D eigenvalue weighted by Crippen LogP contribution is -2.43. The number of nitrogens with one attached hydrogen (secondary N) is 1. The standard InChI is InChI=1S/C24H24F2N2OS/c1-14-6-5-9-20(15(14)2)28-24(29)18-13-23(27-21-8-4-3-7-17(18)21)30-22-11-10-16(25)12-19(22)26/h3-4,7-8,10-15,20H,5-6,9H2,1-2H3,(H,28,29). The maximum absolute atomic E-state index is 14.1. The molecule has 2 aromatic carbocycles. The number of carbonyl (C=O) groups excluding carboxylic acids is 1. The van der Waals surface area contributed by atoms with Crippen molar-refractivity contribution in [1.82, 2.24) is 10.3 Å². The molecule has 1 saturated carbocycles. The van der Waals surface area contributed by atoms with Gasteiger partial charge in [-0.1, -0.05) is 56.7 Å². The molecule has 1 heterocycles. The van der Waals surface area contributed by atoms with E-state index in [2.05, 4.69) is 24.1 Å². The van der Waals surface area contributed by atoms with Crippen molar-refractivity contribution in [2.45, 2.75) is 49.1 Å². The summed E-state index contributed by atoms with van der Waals surface area (Å²) in [6, 6.07) is 12.7. The fourth-order valence-electron chi connectivity index (χ4n) is 4.09. The lowest BCUT2D eigenvalue weighted by molar-refractivity contribution is 0.0892. The van der Waals surface area contributed by atoms with Crippen LogP contribution in [0.5, 0.6) is 0 Å². The van der Waals surface area contributed by atoms with Crippen molar-refractivity contribution in [3.63, 3.8) is 0 Å². The third-order valence-electron chi connectivity index (χ3n) is 6.07. The van der Waals surface area contributed by atoms with E-state index < -0.39 is 11.6 Å². The molecule has 30 heavy (non-hydrogen) atoms. The smallest absolute Gasteiger partial charge is 0.252 e. The molecule has 0 aliphatic heterocycles. The molecule has 1 fully saturated rings. The predicted molar refractivity (Wildman–Crippen MR) is 116 cm³/mol. The monoisotopic (exact) mass is 426 g/mol. The first-order valence-corrected chi connectivity index (χ1v) is 11.1. The van der Waals surface area contributed by atoms with Crippen molar-refractivity contribution in [2.75, 3.05) is 0 Å². The first kappa shape index (κ1) is 20.8. The highest BCUT2D eigenvalue weighted by atomic mass is 32.2. The van der Waals surface area contributed by atoms with E-state index in [1.807, 2.05) is 24.3 Å². The number of benzene rings is 2. The molecule has 1 aromatic heterocycles. The summed E-state index contributed by atoms with van der Waals surface area (Å²) in [5, 5.41) is 4.47. The molecule has 3 atom stereocenters. The van der Waals surface area contributed by atoms with E-state index in [1.54, 1.807) is 6.07 Å². The topological polar surface area (TPSA) is 42.0 Å². The molecule has 1 amide bonds. The van der Waals surface area contributed by atoms with Crippen LogP contribution >= 0.6 is 11.8 Å². The van der Waals surface area contributed by atoms with Crippen LogP contribution in [0, 0.1) is 23.5 Å². The number of nitrogens with zero attached hydrogens (tertiary/aromatic N) is 1. The summed E-state index contributed by atoms with van der Waals surface area (Å²) in [5.74, 6) is -0.421. The molecule has 3 nitrogen and oxygen atoms in total. The molecule has 6 heteroatoms. The van der Waals surface area contributed by atoms with Crippen molar-refractivity contribution >= 4 is 28.6 Å². The predicted octanol–water partition coefficient (Wildman–Crippen LogP) is 6.22. The number of pyridine rings is 1. The largest absolute Gasteiger partial charge is 0.349 e. The molecule has 0 radical (unpaired) electrons. The Balaban J connectivity index is 1.67. The van der Waals surface area contributed by atoms with Crippen molar-refractivity contribution in [2.24, 2.45) is 11.8 Å². The lowest BCUT2D eigenvalue weighted by Gasteiger charge is -2.34. The van der Waals surface area contributed by atoms with Gasteiger partial charge in [0.15, 0.2) is 0 Å². The molecule has 0 spiro atoms. The molecule has 1 aliphatic rings. The van der Waals surface area contributed by atoms with Crippen LogP contribution in [-0.4, -0.2) is 16.9 Å². The molecule has 0 saturated heterocycles. The first-order valence-electron chi connectivity index (χ1n) is 10.3. The van der Waals surface area contributed by atoms with Crippen LogP contribution in [0.4, 0.5) is 8.78 Å². The SMILES string of the molecule is CC1CCCC(NC(=O)c2cc(Sc3ccc(F)cc3F)nc3ccccc23)C1C. The van der Waals surface area contributed by atoms with Gasteiger partial charge in [0, 0.05) is 22.4 Å². The molecular weight excluding hydrogens is 402 g/mol. The molecule has 0 bridgehead atoms. The fourth-order valence-corrected chi connectivity index (χ4v) is 4.93. The maximum atomic E-state index is 14.1. The number of carbonyl (C=O) groups is 1. The summed E-state index contributed by atoms with van der Waals surface area (Å²) < 4.78 is 27.4. The van der Waals surface area contributed by atoms with Gasteiger partial charge in [-0.2, -0.15) is 0 Å². The zero-order valence-corrected chi connectivity index (χ0v) is 17.8. The lowest BCUT2D eigenvalue weighted by atomic mass is 9.78. The van der Waals surface area contributed by atoms with Crippen LogP contribution in [-0.2, 0) is 0 Å². The van der Waals surface area contributed by atoms with Gasteiger partial charge in [-0.15, -0.1) is 0 Å². The van der Waals surface area contributed by atoms with Crippen LogP contribution in [0.15, 0.2) is 58.5 Å². The molecule has 1 N–H and O–H groups in total. The number of hydrogen-bond donors (Lipinski definition) is 1. The second-order valence-electron chi connectivity index (χ2n) is 8.05. The quantitative estimate of drug-likeness (QED) is 0.539. The van der Waals surface area contributed by atoms with Crippen molar-refractivity contribution < 1.29 is 13.6 Å². The van der Waals surface area contributed by atoms with Gasteiger partial charge < -0.3 is 5.32 Å². The van der Waals surface area contributed by atoms with Gasteiger partial charge in [-0.3, -0.25) is 4.79 Å². The minimum atomic E-state index is -0.647. The highest BCUT2D eigenvalue weighted by Crippen LogP contribution is 2.33. The van der Waals surface area contributed by atoms with E-state index in [9.17, 15) is 13.6 Å². The summed E-state index contributed by atoms with van der Waals surface area (Å²) >= 11 is 1.08. The van der Waals surface area contributed by atoms with E-state index >= 15 is 0 Å². The third-order valence-corrected chi connectivity index (χ3v) is 7.04. The normalized spacial score (nSPS) is 21.5. The van der Waals surface area contributed by atoms with Crippen LogP contribution < -0.4 is 5.32 Å². The molecule has 3 aromatic rings. The van der Waals surface area contributed by atoms with Gasteiger partial charge in [0.05, 0.1) is 11.1 Å². The van der Waals surface area contributed by atoms with E-state index in [1.165, 1.54) is 18.6 Å². The summed E-state index contributed by atoms with van der Waals surface area (Å²) in [4.78, 5) is 18.1. The number of halogens is 2. The van der Waals surface area contributed by atoms with E-state index in [-0.39, 0.29) is 16.8 Å². The maximum Gasteiger partial charge on any atom is 0.252 e. The van der Waals surface area contributed by atoms with Crippen molar-refractivity contribution in [1.29, 1.82) is 0 Å². The number of fused-ring (bicyclic) bond motifs is 1. The van der Waals surface area contributed by atoms with Crippen LogP contribution in [0.1, 0.15) is 43.5 Å². The second kappa shape index (κ2) is 8.72. The Labute approximate surface area is 179 Å². The van der Waals surface area contributed by atoms with Gasteiger partial charge in [-0.25, -0.2) is 13.8 Å². The zero-order chi connectivity index (χ0) is 21.3. The summed E-state index contributed by atoms with van der Waals surface area (Å²) in [5.41, 5.74) is 1.19. The van der Waals surface area contributed by atoms with Gasteiger partial charge in [-0.05, 0) is 42.5 Å². The minimum Gasteiger partial charge on any atom is -0.349 e. The summed E-state index contributed by atoms with van der Waals surface area (Å²) in [7, 11) is 0. The van der Waals surface area contributed by atoms with Crippen LogP contribution in [0.25, 0.3) is 10.9 Å². The number of rotatable bonds is 4. The van der Waals surface area contributed by atoms with Crippen molar-refractivity contribution in [3.8, 4) is 0 Å². The Kier molecular flexibility index (Phi) is 6.04. The zero-order valence-electron chi connectivity index (χ0n) is 17.0. The number of para-hydroxylation sites is 1. The summed E-state index contributed by atoms with van der Waals surface area (Å²) in [6.45, 7) is 4.43. The Bertz CT molecular complexity index is 1090. The number of aromatic nitrogens is 1. The van der Waals surface area contributed by atoms with E-state index in [0.29, 0.717) is 27.9 Å². The third kappa shape index (κ3) is 4.33. The second-order valence-corrected chi connectivity index (χ2v) is 9.11. The molecule has 4 rings (SSSR count). The highest BCUT2D eigenvalue weighted by molar-refractivity contribution is 7.99. The van der Waals surface area contributed by atoms with E-state index in [0.717, 1.165) is 36.1 Å². The van der Waals surface area contributed by atoms with Crippen LogP contribution in [0.2, 0.25) is 0 Å². The van der Waals surface area contributed by atoms with Crippen molar-refractivity contribution in [3.05, 3.63) is 65.7 Å². The summed E-state index contributed by atoms with van der Waals surface area (Å²) in [6.07, 6.45) is 3.27. The number of amides is 1. The fraction of sp³-hybridized carbons (Fsp3) is 0.333. The Morgan fingerprint density at radius 1 is 1.10 bits per heavy atom. The number of hydrogen-bond acceptors (Lipinski definition) is 3. The molecule has 156 valence electrons. The molecule has 1 aliphatic carbocycles. The van der Waals surface area contributed by atoms with Gasteiger partial charge in [0.25, 0.3) is 5.91 Å². The van der Waals surface area contributed by atoms with Crippen LogP contribution in [0.3, 0.4) is 0 Å². The Morgan fingerprint density at radius 3 is 2.70 bits per heavy atom. The first-order chi connectivity index (χ1) is 14.4. The van der Waals surface area contributed by atoms with Gasteiger partial charge in [0.2, 0.25) is 0 Å². The molecular formula is C24H24F2N2OS. The molecule has 3 unspecified atom stereocenters. The average molecular weight is 427 g/mol. The minimum absolute atomic E-state index is 0.138. The van der Waals surface area contributed by atoms with Gasteiger partial charge in [0.1, 0.15) is 16.7 Å². The van der Waals surface area contributed by atoms with E-state index in [4.69, 9.17) is 0 Å². The highest BCUT2D eigenvalue weighted by Gasteiger charge is 2.29. The average Bonchev–Trinajstić information content (AvgIpc) is 2.73. The van der Waals surface area contributed by atoms with Gasteiger partial charge >= 0.3 is 0 Å². The Hall–Kier alpha value is -2.47.